The summed E-state index contributed by atoms with van der Waals surface area (Å²) in [6.45, 7) is 2.44. The molecule has 1 N–H and O–H groups in total. The average Bonchev–Trinajstić information content (AvgIpc) is 3.57. The lowest BCUT2D eigenvalue weighted by Gasteiger charge is -2.28. The van der Waals surface area contributed by atoms with E-state index >= 15 is 0 Å². The van der Waals surface area contributed by atoms with Gasteiger partial charge in [-0.15, -0.1) is 0 Å². The molecule has 0 spiro atoms. The van der Waals surface area contributed by atoms with E-state index in [-0.39, 0.29) is 35.1 Å². The van der Waals surface area contributed by atoms with Gasteiger partial charge >= 0.3 is 0 Å². The van der Waals surface area contributed by atoms with Crippen LogP contribution in [0.2, 0.25) is 0 Å². The predicted molar refractivity (Wildman–Crippen MR) is 93.4 cm³/mol. The van der Waals surface area contributed by atoms with E-state index in [1.807, 2.05) is 9.80 Å². The summed E-state index contributed by atoms with van der Waals surface area (Å²) in [7, 11) is 0. The summed E-state index contributed by atoms with van der Waals surface area (Å²) in [6, 6.07) is 0. The van der Waals surface area contributed by atoms with Crippen LogP contribution in [0.3, 0.4) is 0 Å². The molecular weight excluding hydrogens is 332 g/mol. The van der Waals surface area contributed by atoms with Crippen LogP contribution in [0.4, 0.5) is 0 Å². The van der Waals surface area contributed by atoms with E-state index < -0.39 is 0 Å². The smallest absolute Gasteiger partial charge is 0.256 e. The minimum absolute atomic E-state index is 0.113. The molecule has 1 aromatic rings. The lowest BCUT2D eigenvalue weighted by atomic mass is 10.0. The maximum Gasteiger partial charge on any atom is 0.256 e. The molecule has 4 aliphatic rings. The number of aromatic amines is 1. The van der Waals surface area contributed by atoms with Crippen LogP contribution in [0, 0.1) is 11.8 Å². The number of rotatable bonds is 3. The van der Waals surface area contributed by atoms with Crippen molar-refractivity contribution in [1.82, 2.24) is 19.8 Å². The second kappa shape index (κ2) is 5.93. The van der Waals surface area contributed by atoms with Crippen molar-refractivity contribution in [3.8, 4) is 0 Å². The zero-order valence-corrected chi connectivity index (χ0v) is 14.9. The lowest BCUT2D eigenvalue weighted by molar-refractivity contribution is -0.133. The Hall–Kier alpha value is -2.18. The van der Waals surface area contributed by atoms with Gasteiger partial charge in [-0.1, -0.05) is 0 Å². The van der Waals surface area contributed by atoms with E-state index in [9.17, 15) is 14.4 Å². The van der Waals surface area contributed by atoms with Gasteiger partial charge in [-0.05, 0) is 32.1 Å². The Morgan fingerprint density at radius 3 is 2.35 bits per heavy atom. The van der Waals surface area contributed by atoms with Gasteiger partial charge in [-0.25, -0.2) is 4.98 Å². The SMILES string of the molecule is O=C(C1CC1)N1CCc2nc([C@H]3CCN(C(=O)C4CC4)C3)[nH]c(=O)c2C1. The van der Waals surface area contributed by atoms with E-state index in [1.54, 1.807) is 0 Å². The fourth-order valence-electron chi connectivity index (χ4n) is 4.19. The lowest BCUT2D eigenvalue weighted by Crippen LogP contribution is -2.40. The first-order valence-electron chi connectivity index (χ1n) is 9.79. The highest BCUT2D eigenvalue weighted by Gasteiger charge is 2.38. The maximum absolute atomic E-state index is 12.6. The molecule has 7 nitrogen and oxygen atoms in total. The summed E-state index contributed by atoms with van der Waals surface area (Å²) in [5, 5.41) is 0. The number of aromatic nitrogens is 2. The maximum atomic E-state index is 12.6. The van der Waals surface area contributed by atoms with E-state index in [4.69, 9.17) is 4.98 Å². The van der Waals surface area contributed by atoms with Crippen LogP contribution in [0.25, 0.3) is 0 Å². The van der Waals surface area contributed by atoms with Crippen molar-refractivity contribution >= 4 is 11.8 Å². The Balaban J connectivity index is 1.33. The van der Waals surface area contributed by atoms with Crippen molar-refractivity contribution in [2.75, 3.05) is 19.6 Å². The Morgan fingerprint density at radius 1 is 0.962 bits per heavy atom. The van der Waals surface area contributed by atoms with Crippen molar-refractivity contribution in [3.05, 3.63) is 27.4 Å². The first kappa shape index (κ1) is 16.0. The number of carbonyl (C=O) groups excluding carboxylic acids is 2. The molecule has 0 unspecified atom stereocenters. The summed E-state index contributed by atoms with van der Waals surface area (Å²) in [6.07, 6.45) is 5.49. The summed E-state index contributed by atoms with van der Waals surface area (Å²) in [4.78, 5) is 48.5. The molecule has 2 aliphatic carbocycles. The van der Waals surface area contributed by atoms with Crippen molar-refractivity contribution in [1.29, 1.82) is 0 Å². The van der Waals surface area contributed by atoms with Gasteiger partial charge in [0.25, 0.3) is 5.56 Å². The van der Waals surface area contributed by atoms with Crippen LogP contribution in [0.15, 0.2) is 4.79 Å². The molecule has 3 fully saturated rings. The Labute approximate surface area is 151 Å². The molecule has 0 bridgehead atoms. The second-order valence-corrected chi connectivity index (χ2v) is 8.20. The number of carbonyl (C=O) groups is 2. The summed E-state index contributed by atoms with van der Waals surface area (Å²) in [5.41, 5.74) is 1.35. The molecule has 0 radical (unpaired) electrons. The summed E-state index contributed by atoms with van der Waals surface area (Å²) < 4.78 is 0. The number of hydrogen-bond donors (Lipinski definition) is 1. The predicted octanol–water partition coefficient (Wildman–Crippen LogP) is 0.790. The van der Waals surface area contributed by atoms with Gasteiger partial charge in [0, 0.05) is 43.8 Å². The van der Waals surface area contributed by atoms with Crippen LogP contribution >= 0.6 is 0 Å². The molecule has 26 heavy (non-hydrogen) atoms. The first-order chi connectivity index (χ1) is 12.6. The molecule has 2 saturated carbocycles. The van der Waals surface area contributed by atoms with Crippen LogP contribution in [-0.2, 0) is 22.6 Å². The quantitative estimate of drug-likeness (QED) is 0.868. The fourth-order valence-corrected chi connectivity index (χ4v) is 4.19. The largest absolute Gasteiger partial charge is 0.342 e. The molecule has 0 aromatic carbocycles. The molecule has 1 saturated heterocycles. The Morgan fingerprint density at radius 2 is 1.65 bits per heavy atom. The van der Waals surface area contributed by atoms with Gasteiger partial charge < -0.3 is 14.8 Å². The molecule has 2 aliphatic heterocycles. The molecule has 1 aromatic heterocycles. The van der Waals surface area contributed by atoms with E-state index in [0.717, 1.165) is 44.3 Å². The standard InChI is InChI=1S/C19H24N4O3/c24-17-14-10-23(19(26)12-3-4-12)8-6-15(14)20-16(21-17)13-5-7-22(9-13)18(25)11-1-2-11/h11-13H,1-10H2,(H,20,21,24)/t13-/m0/s1. The third kappa shape index (κ3) is 2.83. The van der Waals surface area contributed by atoms with Crippen LogP contribution in [0.5, 0.6) is 0 Å². The monoisotopic (exact) mass is 356 g/mol. The molecule has 1 atom stereocenters. The van der Waals surface area contributed by atoms with Crippen molar-refractivity contribution in [2.45, 2.75) is 51.0 Å². The van der Waals surface area contributed by atoms with Gasteiger partial charge in [0.05, 0.1) is 17.8 Å². The zero-order chi connectivity index (χ0) is 17.8. The number of fused-ring (bicyclic) bond motifs is 1. The minimum atomic E-state index is -0.120. The van der Waals surface area contributed by atoms with E-state index in [2.05, 4.69) is 4.98 Å². The Kier molecular flexibility index (Phi) is 3.65. The number of H-pyrrole nitrogens is 1. The second-order valence-electron chi connectivity index (χ2n) is 8.20. The van der Waals surface area contributed by atoms with Gasteiger partial charge in [0.2, 0.25) is 11.8 Å². The number of nitrogens with zero attached hydrogens (tertiary/aromatic N) is 3. The number of hydrogen-bond acceptors (Lipinski definition) is 4. The third-order valence-corrected chi connectivity index (χ3v) is 6.14. The molecular formula is C19H24N4O3. The third-order valence-electron chi connectivity index (χ3n) is 6.14. The average molecular weight is 356 g/mol. The minimum Gasteiger partial charge on any atom is -0.342 e. The molecule has 3 heterocycles. The highest BCUT2D eigenvalue weighted by Crippen LogP contribution is 2.35. The number of likely N-dealkylation sites (tertiary alicyclic amines) is 1. The van der Waals surface area contributed by atoms with E-state index in [0.29, 0.717) is 37.4 Å². The van der Waals surface area contributed by atoms with Crippen molar-refractivity contribution < 1.29 is 9.59 Å². The van der Waals surface area contributed by atoms with E-state index in [1.165, 1.54) is 0 Å². The molecule has 7 heteroatoms. The summed E-state index contributed by atoms with van der Waals surface area (Å²) in [5.74, 6) is 1.69. The molecule has 138 valence electrons. The molecule has 2 amide bonds. The van der Waals surface area contributed by atoms with Crippen LogP contribution < -0.4 is 5.56 Å². The van der Waals surface area contributed by atoms with Crippen LogP contribution in [-0.4, -0.2) is 51.2 Å². The highest BCUT2D eigenvalue weighted by atomic mass is 16.2. The van der Waals surface area contributed by atoms with Gasteiger partial charge in [0.15, 0.2) is 0 Å². The summed E-state index contributed by atoms with van der Waals surface area (Å²) >= 11 is 0. The van der Waals surface area contributed by atoms with Crippen molar-refractivity contribution in [2.24, 2.45) is 11.8 Å². The van der Waals surface area contributed by atoms with Crippen LogP contribution in [0.1, 0.15) is 55.1 Å². The topological polar surface area (TPSA) is 86.4 Å². The number of nitrogens with one attached hydrogen (secondary N) is 1. The normalized spacial score (nSPS) is 25.3. The number of amides is 2. The van der Waals surface area contributed by atoms with Gasteiger partial charge in [-0.2, -0.15) is 0 Å². The first-order valence-corrected chi connectivity index (χ1v) is 9.79. The van der Waals surface area contributed by atoms with Gasteiger partial charge in [-0.3, -0.25) is 14.4 Å². The Bertz CT molecular complexity index is 825. The highest BCUT2D eigenvalue weighted by molar-refractivity contribution is 5.81. The fraction of sp³-hybridized carbons (Fsp3) is 0.684. The van der Waals surface area contributed by atoms with Crippen molar-refractivity contribution in [3.63, 3.8) is 0 Å². The van der Waals surface area contributed by atoms with Gasteiger partial charge in [0.1, 0.15) is 5.82 Å². The zero-order valence-electron chi connectivity index (χ0n) is 14.9. The molecule has 5 rings (SSSR count).